The van der Waals surface area contributed by atoms with Crippen molar-refractivity contribution in [3.8, 4) is 0 Å². The molecule has 0 unspecified atom stereocenters. The van der Waals surface area contributed by atoms with Crippen LogP contribution in [0.25, 0.3) is 0 Å². The number of nitrogens with zero attached hydrogens (tertiary/aromatic N) is 2. The predicted octanol–water partition coefficient (Wildman–Crippen LogP) is 3.10. The number of para-hydroxylation sites is 1. The number of rotatable bonds is 7. The standard InChI is InChI=1S/C20H26N2O3S/c1-16(26(24,25)22(4)18-13-9-6-10-14-18)19(15-20(23)21(2)3)17-11-7-5-8-12-17/h5-14,16,19H,15H2,1-4H3/t16-,19-/m0/s1. The number of hydrogen-bond donors (Lipinski definition) is 0. The van der Waals surface area contributed by atoms with E-state index in [2.05, 4.69) is 0 Å². The molecule has 2 aromatic rings. The molecule has 0 spiro atoms. The van der Waals surface area contributed by atoms with Gasteiger partial charge in [-0.25, -0.2) is 8.42 Å². The summed E-state index contributed by atoms with van der Waals surface area (Å²) >= 11 is 0. The van der Waals surface area contributed by atoms with E-state index in [0.717, 1.165) is 5.56 Å². The first-order valence-corrected chi connectivity index (χ1v) is 10.0. The maximum Gasteiger partial charge on any atom is 0.238 e. The lowest BCUT2D eigenvalue weighted by molar-refractivity contribution is -0.129. The summed E-state index contributed by atoms with van der Waals surface area (Å²) in [5.41, 5.74) is 1.45. The molecule has 2 aromatic carbocycles. The Kier molecular flexibility index (Phi) is 6.42. The molecule has 0 N–H and O–H groups in total. The molecule has 0 radical (unpaired) electrons. The van der Waals surface area contributed by atoms with Crippen LogP contribution in [-0.4, -0.2) is 45.6 Å². The molecule has 0 aliphatic carbocycles. The van der Waals surface area contributed by atoms with Gasteiger partial charge >= 0.3 is 0 Å². The molecule has 0 heterocycles. The minimum Gasteiger partial charge on any atom is -0.349 e. The van der Waals surface area contributed by atoms with Gasteiger partial charge in [-0.3, -0.25) is 9.10 Å². The monoisotopic (exact) mass is 374 g/mol. The fourth-order valence-corrected chi connectivity index (χ4v) is 4.45. The highest BCUT2D eigenvalue weighted by Gasteiger charge is 2.35. The van der Waals surface area contributed by atoms with E-state index >= 15 is 0 Å². The van der Waals surface area contributed by atoms with Crippen molar-refractivity contribution in [2.45, 2.75) is 24.5 Å². The Labute approximate surface area is 156 Å². The first kappa shape index (κ1) is 20.0. The van der Waals surface area contributed by atoms with E-state index in [4.69, 9.17) is 0 Å². The SMILES string of the molecule is C[C@@H]([C@H](CC(=O)N(C)C)c1ccccc1)S(=O)(=O)N(C)c1ccccc1. The van der Waals surface area contributed by atoms with Crippen LogP contribution >= 0.6 is 0 Å². The van der Waals surface area contributed by atoms with Crippen molar-refractivity contribution in [2.24, 2.45) is 0 Å². The Morgan fingerprint density at radius 2 is 1.42 bits per heavy atom. The topological polar surface area (TPSA) is 57.7 Å². The molecule has 140 valence electrons. The lowest BCUT2D eigenvalue weighted by Gasteiger charge is -2.30. The van der Waals surface area contributed by atoms with Gasteiger partial charge in [-0.15, -0.1) is 0 Å². The molecule has 2 rings (SSSR count). The highest BCUT2D eigenvalue weighted by atomic mass is 32.2. The van der Waals surface area contributed by atoms with Crippen LogP contribution in [0.3, 0.4) is 0 Å². The average molecular weight is 375 g/mol. The van der Waals surface area contributed by atoms with E-state index in [-0.39, 0.29) is 12.3 Å². The maximum absolute atomic E-state index is 13.2. The summed E-state index contributed by atoms with van der Waals surface area (Å²) in [5.74, 6) is -0.523. The molecule has 6 heteroatoms. The van der Waals surface area contributed by atoms with Crippen LogP contribution in [0.15, 0.2) is 60.7 Å². The van der Waals surface area contributed by atoms with E-state index in [1.165, 1.54) is 9.21 Å². The van der Waals surface area contributed by atoms with E-state index in [1.807, 2.05) is 36.4 Å². The smallest absolute Gasteiger partial charge is 0.238 e. The Bertz CT molecular complexity index is 821. The Balaban J connectivity index is 2.38. The summed E-state index contributed by atoms with van der Waals surface area (Å²) in [6.45, 7) is 1.68. The number of carbonyl (C=O) groups excluding carboxylic acids is 1. The summed E-state index contributed by atoms with van der Waals surface area (Å²) in [4.78, 5) is 13.8. The molecular formula is C20H26N2O3S. The normalized spacial score (nSPS) is 13.7. The van der Waals surface area contributed by atoms with Crippen LogP contribution in [-0.2, 0) is 14.8 Å². The van der Waals surface area contributed by atoms with Crippen LogP contribution in [0.4, 0.5) is 5.69 Å². The second-order valence-corrected chi connectivity index (χ2v) is 8.88. The van der Waals surface area contributed by atoms with Crippen LogP contribution in [0.2, 0.25) is 0 Å². The van der Waals surface area contributed by atoms with Gasteiger partial charge in [-0.05, 0) is 24.6 Å². The molecule has 0 aliphatic rings. The average Bonchev–Trinajstić information content (AvgIpc) is 2.65. The molecular weight excluding hydrogens is 348 g/mol. The van der Waals surface area contributed by atoms with Crippen molar-refractivity contribution in [1.29, 1.82) is 0 Å². The molecule has 5 nitrogen and oxygen atoms in total. The van der Waals surface area contributed by atoms with Crippen molar-refractivity contribution >= 4 is 21.6 Å². The molecule has 2 atom stereocenters. The van der Waals surface area contributed by atoms with E-state index in [9.17, 15) is 13.2 Å². The van der Waals surface area contributed by atoms with Crippen LogP contribution < -0.4 is 4.31 Å². The summed E-state index contributed by atoms with van der Waals surface area (Å²) in [6, 6.07) is 18.3. The first-order chi connectivity index (χ1) is 12.2. The first-order valence-electron chi connectivity index (χ1n) is 8.53. The summed E-state index contributed by atoms with van der Waals surface area (Å²) in [6.07, 6.45) is 0.139. The number of amides is 1. The lowest BCUT2D eigenvalue weighted by atomic mass is 9.92. The number of sulfonamides is 1. The van der Waals surface area contributed by atoms with Gasteiger partial charge in [0.05, 0.1) is 10.9 Å². The zero-order chi connectivity index (χ0) is 19.3. The van der Waals surface area contributed by atoms with Crippen molar-refractivity contribution in [2.75, 3.05) is 25.4 Å². The van der Waals surface area contributed by atoms with Crippen LogP contribution in [0.1, 0.15) is 24.8 Å². The molecule has 0 fully saturated rings. The largest absolute Gasteiger partial charge is 0.349 e. The van der Waals surface area contributed by atoms with E-state index < -0.39 is 21.2 Å². The number of hydrogen-bond acceptors (Lipinski definition) is 3. The summed E-state index contributed by atoms with van der Waals surface area (Å²) < 4.78 is 27.7. The second kappa shape index (κ2) is 8.36. The Hall–Kier alpha value is -2.34. The molecule has 26 heavy (non-hydrogen) atoms. The lowest BCUT2D eigenvalue weighted by Crippen LogP contribution is -2.39. The zero-order valence-electron chi connectivity index (χ0n) is 15.7. The van der Waals surface area contributed by atoms with E-state index in [0.29, 0.717) is 5.69 Å². The molecule has 0 aromatic heterocycles. The van der Waals surface area contributed by atoms with Gasteiger partial charge in [0.1, 0.15) is 0 Å². The van der Waals surface area contributed by atoms with Crippen LogP contribution in [0, 0.1) is 0 Å². The van der Waals surface area contributed by atoms with Crippen molar-refractivity contribution in [3.63, 3.8) is 0 Å². The molecule has 0 saturated heterocycles. The minimum absolute atomic E-state index is 0.0942. The molecule has 0 saturated carbocycles. The maximum atomic E-state index is 13.2. The van der Waals surface area contributed by atoms with Crippen LogP contribution in [0.5, 0.6) is 0 Å². The van der Waals surface area contributed by atoms with E-state index in [1.54, 1.807) is 52.3 Å². The second-order valence-electron chi connectivity index (χ2n) is 6.56. The highest BCUT2D eigenvalue weighted by Crippen LogP contribution is 2.31. The number of benzene rings is 2. The van der Waals surface area contributed by atoms with Gasteiger partial charge in [0.2, 0.25) is 15.9 Å². The molecule has 0 aliphatic heterocycles. The van der Waals surface area contributed by atoms with Gasteiger partial charge in [0.15, 0.2) is 0 Å². The highest BCUT2D eigenvalue weighted by molar-refractivity contribution is 7.93. The summed E-state index contributed by atoms with van der Waals surface area (Å²) in [7, 11) is 1.26. The molecule has 1 amide bonds. The van der Waals surface area contributed by atoms with Crippen molar-refractivity contribution in [3.05, 3.63) is 66.2 Å². The van der Waals surface area contributed by atoms with Crippen molar-refractivity contribution < 1.29 is 13.2 Å². The fraction of sp³-hybridized carbons (Fsp3) is 0.350. The quantitative estimate of drug-likeness (QED) is 0.748. The Morgan fingerprint density at radius 3 is 1.92 bits per heavy atom. The minimum atomic E-state index is -3.65. The van der Waals surface area contributed by atoms with Gasteiger partial charge in [0, 0.05) is 33.5 Å². The van der Waals surface area contributed by atoms with Gasteiger partial charge < -0.3 is 4.90 Å². The predicted molar refractivity (Wildman–Crippen MR) is 106 cm³/mol. The van der Waals surface area contributed by atoms with Gasteiger partial charge in [0.25, 0.3) is 0 Å². The van der Waals surface area contributed by atoms with Gasteiger partial charge in [-0.1, -0.05) is 48.5 Å². The molecule has 0 bridgehead atoms. The third-order valence-corrected chi connectivity index (χ3v) is 6.90. The third-order valence-electron chi connectivity index (χ3n) is 4.66. The third kappa shape index (κ3) is 4.43. The number of carbonyl (C=O) groups is 1. The zero-order valence-corrected chi connectivity index (χ0v) is 16.5. The Morgan fingerprint density at radius 1 is 0.923 bits per heavy atom. The van der Waals surface area contributed by atoms with Crippen molar-refractivity contribution in [1.82, 2.24) is 4.90 Å². The van der Waals surface area contributed by atoms with Gasteiger partial charge in [-0.2, -0.15) is 0 Å². The summed E-state index contributed by atoms with van der Waals surface area (Å²) in [5, 5.41) is -0.751. The fourth-order valence-electron chi connectivity index (χ4n) is 2.87. The number of anilines is 1.